The summed E-state index contributed by atoms with van der Waals surface area (Å²) in [4.78, 5) is 11.5. The monoisotopic (exact) mass is 509 g/mol. The van der Waals surface area contributed by atoms with E-state index in [9.17, 15) is 35.4 Å². The molecule has 2 saturated heterocycles. The van der Waals surface area contributed by atoms with Gasteiger partial charge in [-0.3, -0.25) is 4.79 Å². The Bertz CT molecular complexity index is 498. The maximum Gasteiger partial charge on any atom is 0.231 e. The molecule has 2 aliphatic heterocycles. The van der Waals surface area contributed by atoms with Crippen LogP contribution >= 0.6 is 22.6 Å². The van der Waals surface area contributed by atoms with Crippen LogP contribution in [0.15, 0.2) is 0 Å². The molecule has 2 aliphatic rings. The van der Waals surface area contributed by atoms with E-state index < -0.39 is 80.5 Å². The number of alkyl halides is 1. The molecule has 0 aliphatic carbocycles. The molecule has 2 heterocycles. The lowest BCUT2D eigenvalue weighted by Crippen LogP contribution is -2.64. The zero-order valence-corrected chi connectivity index (χ0v) is 16.2. The highest BCUT2D eigenvalue weighted by Crippen LogP contribution is 2.25. The largest absolute Gasteiger partial charge is 0.394 e. The highest BCUT2D eigenvalue weighted by Gasteiger charge is 2.47. The van der Waals surface area contributed by atoms with Crippen molar-refractivity contribution in [1.29, 1.82) is 0 Å². The number of halogens is 1. The fourth-order valence-electron chi connectivity index (χ4n) is 2.80. The fourth-order valence-corrected chi connectivity index (χ4v) is 3.02. The summed E-state index contributed by atoms with van der Waals surface area (Å²) >= 11 is 1.79. The van der Waals surface area contributed by atoms with Crippen LogP contribution in [-0.2, 0) is 19.0 Å². The average molecular weight is 509 g/mol. The van der Waals surface area contributed by atoms with Crippen LogP contribution in [0.2, 0.25) is 0 Å². The summed E-state index contributed by atoms with van der Waals surface area (Å²) in [5.74, 6) is -0.461. The standard InChI is InChI=1S/C14H24INO11/c15-1-6(18)16-13-11(23)9(21)8(20)5(26-13)3-25-14-12(24)10(22)7(19)4(2-17)27-14/h4-5,7-14,17,19-24H,1-3H2,(H,16,18)/t4?,5?,7-,8-,9?,10?,11?,12?,13-,14?/m1/s1. The Morgan fingerprint density at radius 2 is 1.48 bits per heavy atom. The van der Waals surface area contributed by atoms with Gasteiger partial charge in [0.05, 0.1) is 17.6 Å². The lowest BCUT2D eigenvalue weighted by Gasteiger charge is -2.42. The maximum atomic E-state index is 11.5. The summed E-state index contributed by atoms with van der Waals surface area (Å²) in [5.41, 5.74) is 0. The molecular weight excluding hydrogens is 485 g/mol. The zero-order valence-electron chi connectivity index (χ0n) is 14.0. The molecular formula is C14H24INO11. The van der Waals surface area contributed by atoms with E-state index in [0.717, 1.165) is 0 Å². The minimum atomic E-state index is -1.64. The molecule has 0 aromatic rings. The Labute approximate surface area is 167 Å². The molecule has 0 saturated carbocycles. The van der Waals surface area contributed by atoms with E-state index in [4.69, 9.17) is 19.3 Å². The third-order valence-electron chi connectivity index (χ3n) is 4.41. The van der Waals surface area contributed by atoms with Crippen molar-refractivity contribution in [3.05, 3.63) is 0 Å². The number of amides is 1. The van der Waals surface area contributed by atoms with Crippen molar-refractivity contribution >= 4 is 28.5 Å². The third-order valence-corrected chi connectivity index (χ3v) is 5.10. The second-order valence-electron chi connectivity index (χ2n) is 6.30. The van der Waals surface area contributed by atoms with E-state index in [1.54, 1.807) is 22.6 Å². The first-order valence-electron chi connectivity index (χ1n) is 8.18. The minimum Gasteiger partial charge on any atom is -0.394 e. The molecule has 0 aromatic heterocycles. The second-order valence-corrected chi connectivity index (χ2v) is 7.06. The van der Waals surface area contributed by atoms with Crippen LogP contribution in [0.25, 0.3) is 0 Å². The number of carbonyl (C=O) groups excluding carboxylic acids is 1. The summed E-state index contributed by atoms with van der Waals surface area (Å²) in [5, 5.41) is 70.8. The molecule has 0 spiro atoms. The molecule has 2 fully saturated rings. The summed E-state index contributed by atoms with van der Waals surface area (Å²) < 4.78 is 15.9. The van der Waals surface area contributed by atoms with Crippen LogP contribution in [0, 0.1) is 0 Å². The van der Waals surface area contributed by atoms with Crippen molar-refractivity contribution in [3.8, 4) is 0 Å². The van der Waals surface area contributed by atoms with Crippen LogP contribution in [0.4, 0.5) is 0 Å². The van der Waals surface area contributed by atoms with Crippen molar-refractivity contribution < 1.29 is 54.8 Å². The fraction of sp³-hybridized carbons (Fsp3) is 0.929. The number of aliphatic hydroxyl groups excluding tert-OH is 7. The molecule has 0 radical (unpaired) electrons. The molecule has 27 heavy (non-hydrogen) atoms. The highest BCUT2D eigenvalue weighted by molar-refractivity contribution is 14.1. The Balaban J connectivity index is 1.99. The molecule has 7 unspecified atom stereocenters. The zero-order chi connectivity index (χ0) is 20.3. The number of rotatable bonds is 6. The molecule has 12 nitrogen and oxygen atoms in total. The lowest BCUT2D eigenvalue weighted by molar-refractivity contribution is -0.314. The van der Waals surface area contributed by atoms with E-state index in [2.05, 4.69) is 5.32 Å². The van der Waals surface area contributed by atoms with Gasteiger partial charge in [-0.05, 0) is 0 Å². The smallest absolute Gasteiger partial charge is 0.231 e. The van der Waals surface area contributed by atoms with Crippen LogP contribution in [0.1, 0.15) is 0 Å². The molecule has 2 rings (SSSR count). The third kappa shape index (κ3) is 5.24. The highest BCUT2D eigenvalue weighted by atomic mass is 127. The van der Waals surface area contributed by atoms with Crippen LogP contribution in [0.3, 0.4) is 0 Å². The second kappa shape index (κ2) is 10.0. The van der Waals surface area contributed by atoms with Crippen molar-refractivity contribution in [2.45, 2.75) is 61.3 Å². The van der Waals surface area contributed by atoms with Gasteiger partial charge in [-0.15, -0.1) is 0 Å². The van der Waals surface area contributed by atoms with Gasteiger partial charge < -0.3 is 55.3 Å². The number of nitrogens with one attached hydrogen (secondary N) is 1. The number of ether oxygens (including phenoxy) is 3. The molecule has 8 N–H and O–H groups in total. The van der Waals surface area contributed by atoms with E-state index >= 15 is 0 Å². The Morgan fingerprint density at radius 3 is 2.07 bits per heavy atom. The number of hydrogen-bond donors (Lipinski definition) is 8. The molecule has 0 bridgehead atoms. The van der Waals surface area contributed by atoms with Crippen molar-refractivity contribution in [2.75, 3.05) is 17.6 Å². The summed E-state index contributed by atoms with van der Waals surface area (Å²) in [6.45, 7) is -1.09. The van der Waals surface area contributed by atoms with Crippen LogP contribution in [0.5, 0.6) is 0 Å². The Hall–Kier alpha value is -0.200. The van der Waals surface area contributed by atoms with E-state index in [-0.39, 0.29) is 4.43 Å². The van der Waals surface area contributed by atoms with Crippen LogP contribution in [-0.4, -0.2) is 121 Å². The predicted molar refractivity (Wildman–Crippen MR) is 93.4 cm³/mol. The molecule has 0 aromatic carbocycles. The average Bonchev–Trinajstić information content (AvgIpc) is 2.66. The van der Waals surface area contributed by atoms with Gasteiger partial charge in [0, 0.05) is 0 Å². The van der Waals surface area contributed by atoms with E-state index in [0.29, 0.717) is 0 Å². The summed E-state index contributed by atoms with van der Waals surface area (Å²) in [6.07, 6.45) is -14.8. The van der Waals surface area contributed by atoms with Crippen molar-refractivity contribution in [3.63, 3.8) is 0 Å². The van der Waals surface area contributed by atoms with Gasteiger partial charge in [0.25, 0.3) is 0 Å². The summed E-state index contributed by atoms with van der Waals surface area (Å²) in [6, 6.07) is 0. The first-order chi connectivity index (χ1) is 12.7. The number of aliphatic hydroxyl groups is 7. The van der Waals surface area contributed by atoms with Gasteiger partial charge in [-0.1, -0.05) is 22.6 Å². The first-order valence-corrected chi connectivity index (χ1v) is 9.70. The summed E-state index contributed by atoms with van der Waals surface area (Å²) in [7, 11) is 0. The first kappa shape index (κ1) is 23.1. The van der Waals surface area contributed by atoms with E-state index in [1.165, 1.54) is 0 Å². The van der Waals surface area contributed by atoms with Gasteiger partial charge in [-0.2, -0.15) is 0 Å². The van der Waals surface area contributed by atoms with Crippen molar-refractivity contribution in [1.82, 2.24) is 5.32 Å². The van der Waals surface area contributed by atoms with Gasteiger partial charge in [0.1, 0.15) is 48.8 Å². The van der Waals surface area contributed by atoms with Crippen molar-refractivity contribution in [2.24, 2.45) is 0 Å². The topological polar surface area (TPSA) is 198 Å². The van der Waals surface area contributed by atoms with Gasteiger partial charge >= 0.3 is 0 Å². The number of hydrogen-bond acceptors (Lipinski definition) is 11. The normalized spacial score (nSPS) is 45.5. The maximum absolute atomic E-state index is 11.5. The van der Waals surface area contributed by atoms with Crippen LogP contribution < -0.4 is 5.32 Å². The Kier molecular flexibility index (Phi) is 8.56. The lowest BCUT2D eigenvalue weighted by atomic mass is 9.98. The molecule has 1 amide bonds. The number of carbonyl (C=O) groups is 1. The van der Waals surface area contributed by atoms with Gasteiger partial charge in [-0.25, -0.2) is 0 Å². The Morgan fingerprint density at radius 1 is 0.889 bits per heavy atom. The molecule has 158 valence electrons. The van der Waals surface area contributed by atoms with Gasteiger partial charge in [0.15, 0.2) is 12.5 Å². The SMILES string of the molecule is O=C(CI)N[C@@H]1OC(COC2OC(CO)[C@@H](O)C(O)C2O)[C@@H](O)C(O)C1O. The molecule has 10 atom stereocenters. The quantitative estimate of drug-likeness (QED) is 0.126. The predicted octanol–water partition coefficient (Wildman–Crippen LogP) is -4.84. The van der Waals surface area contributed by atoms with E-state index in [1.807, 2.05) is 0 Å². The van der Waals surface area contributed by atoms with Gasteiger partial charge in [0.2, 0.25) is 5.91 Å². The molecule has 13 heteroatoms. The minimum absolute atomic E-state index is 0.0784.